The maximum atomic E-state index is 13.7. The van der Waals surface area contributed by atoms with E-state index in [0.717, 1.165) is 0 Å². The fourth-order valence-electron chi connectivity index (χ4n) is 2.93. The summed E-state index contributed by atoms with van der Waals surface area (Å²) in [4.78, 5) is 24.8. The average Bonchev–Trinajstić information content (AvgIpc) is 3.37. The summed E-state index contributed by atoms with van der Waals surface area (Å²) in [7, 11) is 1.70. The van der Waals surface area contributed by atoms with Crippen LogP contribution in [0.15, 0.2) is 47.6 Å². The van der Waals surface area contributed by atoms with Crippen molar-refractivity contribution in [2.45, 2.75) is 23.8 Å². The molecule has 1 aromatic heterocycles. The Hall–Kier alpha value is -3.60. The molecule has 4 rings (SSSR count). The number of ether oxygens (including phenoxy) is 2. The van der Waals surface area contributed by atoms with Gasteiger partial charge in [-0.15, -0.1) is 10.2 Å². The van der Waals surface area contributed by atoms with Crippen molar-refractivity contribution >= 4 is 35.0 Å². The van der Waals surface area contributed by atoms with Gasteiger partial charge in [0.25, 0.3) is 0 Å². The number of carbonyl (C=O) groups excluding carboxylic acids is 2. The Kier molecular flexibility index (Phi) is 6.26. The second-order valence-corrected chi connectivity index (χ2v) is 8.29. The molecule has 1 aliphatic heterocycles. The third kappa shape index (κ3) is 4.83. The topological polar surface area (TPSA) is 107 Å². The number of amides is 2. The van der Waals surface area contributed by atoms with Crippen LogP contribution in [-0.2, 0) is 23.1 Å². The number of hydrogen-bond donors (Lipinski definition) is 2. The van der Waals surface area contributed by atoms with Gasteiger partial charge < -0.3 is 24.7 Å². The number of nitrogens with zero attached hydrogens (tertiary/aromatic N) is 3. The van der Waals surface area contributed by atoms with E-state index < -0.39 is 17.0 Å². The van der Waals surface area contributed by atoms with Crippen LogP contribution in [-0.4, -0.2) is 38.6 Å². The quantitative estimate of drug-likeness (QED) is 0.525. The van der Waals surface area contributed by atoms with Crippen LogP contribution in [0.5, 0.6) is 11.5 Å². The molecule has 2 aromatic carbocycles. The highest BCUT2D eigenvalue weighted by molar-refractivity contribution is 8.00. The summed E-state index contributed by atoms with van der Waals surface area (Å²) in [5.74, 6) is 0.444. The number of carbonyl (C=O) groups is 2. The molecule has 32 heavy (non-hydrogen) atoms. The maximum absolute atomic E-state index is 13.7. The third-order valence-electron chi connectivity index (χ3n) is 4.68. The van der Waals surface area contributed by atoms with Crippen molar-refractivity contribution in [2.75, 3.05) is 17.4 Å². The van der Waals surface area contributed by atoms with Crippen molar-refractivity contribution < 1.29 is 23.5 Å². The number of nitrogens with one attached hydrogen (secondary N) is 2. The standard InChI is InChI=1S/C21H20FN5O4S/c1-12(20(29)23-13-7-8-16-17(9-13)31-11-30-16)32-21-26-25-18(27(21)2)10-19(28)24-15-6-4-3-5-14(15)22/h3-9,12H,10-11H2,1-2H3,(H,23,29)(H,24,28). The van der Waals surface area contributed by atoms with E-state index in [9.17, 15) is 14.0 Å². The van der Waals surface area contributed by atoms with Crippen LogP contribution in [0.1, 0.15) is 12.7 Å². The molecule has 3 aromatic rings. The van der Waals surface area contributed by atoms with E-state index in [1.807, 2.05) is 0 Å². The van der Waals surface area contributed by atoms with Gasteiger partial charge in [-0.2, -0.15) is 0 Å². The lowest BCUT2D eigenvalue weighted by Gasteiger charge is -2.12. The molecule has 166 valence electrons. The zero-order valence-electron chi connectivity index (χ0n) is 17.3. The van der Waals surface area contributed by atoms with Gasteiger partial charge in [0, 0.05) is 18.8 Å². The first-order valence-corrected chi connectivity index (χ1v) is 10.6. The van der Waals surface area contributed by atoms with Crippen LogP contribution >= 0.6 is 11.8 Å². The Labute approximate surface area is 187 Å². The number of aromatic nitrogens is 3. The Morgan fingerprint density at radius 3 is 2.75 bits per heavy atom. The molecule has 0 aliphatic carbocycles. The second kappa shape index (κ2) is 9.27. The first-order valence-electron chi connectivity index (χ1n) is 9.70. The third-order valence-corrected chi connectivity index (χ3v) is 5.82. The predicted molar refractivity (Wildman–Crippen MR) is 116 cm³/mol. The van der Waals surface area contributed by atoms with E-state index >= 15 is 0 Å². The number of hydrogen-bond acceptors (Lipinski definition) is 7. The SMILES string of the molecule is CC(Sc1nnc(CC(=O)Nc2ccccc2F)n1C)C(=O)Nc1ccc2c(c1)OCO2. The van der Waals surface area contributed by atoms with Gasteiger partial charge in [-0.1, -0.05) is 23.9 Å². The van der Waals surface area contributed by atoms with Crippen LogP contribution in [0.2, 0.25) is 0 Å². The fraction of sp³-hybridized carbons (Fsp3) is 0.238. The molecule has 2 N–H and O–H groups in total. The molecule has 0 bridgehead atoms. The highest BCUT2D eigenvalue weighted by atomic mass is 32.2. The molecule has 0 saturated heterocycles. The highest BCUT2D eigenvalue weighted by Crippen LogP contribution is 2.34. The Balaban J connectivity index is 1.35. The number of thioether (sulfide) groups is 1. The highest BCUT2D eigenvalue weighted by Gasteiger charge is 2.21. The van der Waals surface area contributed by atoms with E-state index in [4.69, 9.17) is 9.47 Å². The zero-order valence-corrected chi connectivity index (χ0v) is 18.1. The minimum atomic E-state index is -0.516. The second-order valence-electron chi connectivity index (χ2n) is 6.98. The lowest BCUT2D eigenvalue weighted by Crippen LogP contribution is -2.23. The summed E-state index contributed by atoms with van der Waals surface area (Å²) >= 11 is 1.21. The number of anilines is 2. The Bertz CT molecular complexity index is 1170. The smallest absolute Gasteiger partial charge is 0.237 e. The summed E-state index contributed by atoms with van der Waals surface area (Å²) in [5, 5.41) is 13.4. The molecular weight excluding hydrogens is 437 g/mol. The molecule has 1 unspecified atom stereocenters. The first-order chi connectivity index (χ1) is 15.4. The molecule has 1 atom stereocenters. The van der Waals surface area contributed by atoms with Crippen molar-refractivity contribution in [1.29, 1.82) is 0 Å². The van der Waals surface area contributed by atoms with Crippen LogP contribution < -0.4 is 20.1 Å². The molecule has 1 aliphatic rings. The molecule has 0 spiro atoms. The molecule has 2 amide bonds. The number of benzene rings is 2. The minimum absolute atomic E-state index is 0.0871. The molecule has 11 heteroatoms. The predicted octanol–water partition coefficient (Wildman–Crippen LogP) is 2.98. The van der Waals surface area contributed by atoms with Gasteiger partial charge in [0.05, 0.1) is 17.4 Å². The first kappa shape index (κ1) is 21.6. The van der Waals surface area contributed by atoms with Crippen LogP contribution in [0.4, 0.5) is 15.8 Å². The Morgan fingerprint density at radius 1 is 1.16 bits per heavy atom. The molecule has 2 heterocycles. The fourth-order valence-corrected chi connectivity index (χ4v) is 3.77. The lowest BCUT2D eigenvalue weighted by molar-refractivity contribution is -0.116. The van der Waals surface area contributed by atoms with Crippen molar-refractivity contribution in [2.24, 2.45) is 7.05 Å². The van der Waals surface area contributed by atoms with Crippen LogP contribution in [0, 0.1) is 5.82 Å². The van der Waals surface area contributed by atoms with E-state index in [1.54, 1.807) is 48.9 Å². The number of halogens is 1. The van der Waals surface area contributed by atoms with Gasteiger partial charge in [0.1, 0.15) is 11.6 Å². The van der Waals surface area contributed by atoms with Gasteiger partial charge in [0.15, 0.2) is 16.7 Å². The van der Waals surface area contributed by atoms with Crippen molar-refractivity contribution in [3.8, 4) is 11.5 Å². The number of fused-ring (bicyclic) bond motifs is 1. The van der Waals surface area contributed by atoms with Crippen molar-refractivity contribution in [3.05, 3.63) is 54.1 Å². The summed E-state index contributed by atoms with van der Waals surface area (Å²) in [6.45, 7) is 1.90. The number of rotatable bonds is 7. The largest absolute Gasteiger partial charge is 0.454 e. The summed E-state index contributed by atoms with van der Waals surface area (Å²) < 4.78 is 25.9. The summed E-state index contributed by atoms with van der Waals surface area (Å²) in [5.41, 5.74) is 0.693. The van der Waals surface area contributed by atoms with Crippen molar-refractivity contribution in [1.82, 2.24) is 14.8 Å². The van der Waals surface area contributed by atoms with Gasteiger partial charge in [-0.25, -0.2) is 4.39 Å². The monoisotopic (exact) mass is 457 g/mol. The molecule has 0 radical (unpaired) electrons. The van der Waals surface area contributed by atoms with E-state index in [-0.39, 0.29) is 24.8 Å². The number of para-hydroxylation sites is 1. The van der Waals surface area contributed by atoms with Crippen LogP contribution in [0.25, 0.3) is 0 Å². The summed E-state index contributed by atoms with van der Waals surface area (Å²) in [6.07, 6.45) is -0.0871. The molecule has 0 saturated carbocycles. The normalized spacial score (nSPS) is 13.0. The van der Waals surface area contributed by atoms with E-state index in [1.165, 1.54) is 23.9 Å². The minimum Gasteiger partial charge on any atom is -0.454 e. The average molecular weight is 457 g/mol. The molecule has 9 nitrogen and oxygen atoms in total. The van der Waals surface area contributed by atoms with Gasteiger partial charge in [-0.3, -0.25) is 9.59 Å². The van der Waals surface area contributed by atoms with E-state index in [0.29, 0.717) is 28.2 Å². The van der Waals surface area contributed by atoms with Crippen LogP contribution in [0.3, 0.4) is 0 Å². The molecular formula is C21H20FN5O4S. The lowest BCUT2D eigenvalue weighted by atomic mass is 10.2. The van der Waals surface area contributed by atoms with Gasteiger partial charge in [-0.05, 0) is 31.2 Å². The van der Waals surface area contributed by atoms with Gasteiger partial charge >= 0.3 is 0 Å². The zero-order chi connectivity index (χ0) is 22.7. The molecule has 0 fully saturated rings. The van der Waals surface area contributed by atoms with Crippen molar-refractivity contribution in [3.63, 3.8) is 0 Å². The Morgan fingerprint density at radius 2 is 1.94 bits per heavy atom. The summed E-state index contributed by atoms with van der Waals surface area (Å²) in [6, 6.07) is 11.1. The van der Waals surface area contributed by atoms with Gasteiger partial charge in [0.2, 0.25) is 18.6 Å². The maximum Gasteiger partial charge on any atom is 0.237 e. The van der Waals surface area contributed by atoms with E-state index in [2.05, 4.69) is 20.8 Å².